The van der Waals surface area contributed by atoms with Crippen molar-refractivity contribution < 1.29 is 26.8 Å². The summed E-state index contributed by atoms with van der Waals surface area (Å²) < 4.78 is 34.5. The van der Waals surface area contributed by atoms with E-state index < -0.39 is 28.5 Å². The first-order valence-corrected chi connectivity index (χ1v) is 8.04. The van der Waals surface area contributed by atoms with E-state index >= 15 is 0 Å². The Hall–Kier alpha value is -1.43. The Kier molecular flexibility index (Phi) is 3.51. The molecule has 0 spiro atoms. The van der Waals surface area contributed by atoms with E-state index in [1.54, 1.807) is 0 Å². The molecule has 21 heavy (non-hydrogen) atoms. The zero-order valence-corrected chi connectivity index (χ0v) is 11.9. The number of nitrogens with one attached hydrogen (secondary N) is 2. The minimum absolute atomic E-state index is 0.190. The van der Waals surface area contributed by atoms with E-state index in [2.05, 4.69) is 15.1 Å². The van der Waals surface area contributed by atoms with Gasteiger partial charge in [-0.05, 0) is 25.7 Å². The lowest BCUT2D eigenvalue weighted by Crippen LogP contribution is -2.53. The van der Waals surface area contributed by atoms with Crippen molar-refractivity contribution in [3.8, 4) is 0 Å². The molecule has 2 saturated heterocycles. The zero-order chi connectivity index (χ0) is 15.2. The molecule has 3 amide bonds. The fraction of sp³-hybridized carbons (Fsp3) is 0.800. The minimum atomic E-state index is -4.76. The van der Waals surface area contributed by atoms with Gasteiger partial charge in [0.2, 0.25) is 0 Å². The van der Waals surface area contributed by atoms with Crippen LogP contribution in [0.3, 0.4) is 0 Å². The number of carbonyl (C=O) groups excluding carboxylic acids is 2. The van der Waals surface area contributed by atoms with Gasteiger partial charge in [0.05, 0.1) is 6.04 Å². The average Bonchev–Trinajstić information content (AvgIpc) is 3.20. The highest BCUT2D eigenvalue weighted by molar-refractivity contribution is 7.80. The first-order chi connectivity index (χ1) is 9.85. The summed E-state index contributed by atoms with van der Waals surface area (Å²) in [4.78, 5) is 25.4. The number of fused-ring (bicyclic) bond motifs is 2. The van der Waals surface area contributed by atoms with E-state index in [0.29, 0.717) is 23.9 Å². The largest absolute Gasteiger partial charge is 0.418 e. The average molecular weight is 320 g/mol. The molecule has 1 unspecified atom stereocenters. The van der Waals surface area contributed by atoms with E-state index in [-0.39, 0.29) is 12.5 Å². The summed E-state index contributed by atoms with van der Waals surface area (Å²) in [6.45, 7) is 0.190. The molecule has 2 heterocycles. The second-order valence-corrected chi connectivity index (χ2v) is 6.42. The summed E-state index contributed by atoms with van der Waals surface area (Å²) >= 11 is 0. The highest BCUT2D eigenvalue weighted by atomic mass is 32.3. The fourth-order valence-corrected chi connectivity index (χ4v) is 2.98. The van der Waals surface area contributed by atoms with Crippen LogP contribution in [-0.4, -0.2) is 59.5 Å². The second kappa shape index (κ2) is 5.09. The van der Waals surface area contributed by atoms with Gasteiger partial charge in [0.1, 0.15) is 6.04 Å². The summed E-state index contributed by atoms with van der Waals surface area (Å²) in [5.41, 5.74) is 5.43. The SMILES string of the molecule is O=C(NNC1CC1)[C@@H]1CCC2CN1C(=O)N2OS(=O)(=O)O. The van der Waals surface area contributed by atoms with Crippen molar-refractivity contribution in [2.75, 3.05) is 6.54 Å². The summed E-state index contributed by atoms with van der Waals surface area (Å²) in [5.74, 6) is -0.331. The molecule has 1 saturated carbocycles. The third-order valence-electron chi connectivity index (χ3n) is 3.78. The Morgan fingerprint density at radius 2 is 2.00 bits per heavy atom. The Morgan fingerprint density at radius 1 is 1.29 bits per heavy atom. The van der Waals surface area contributed by atoms with Crippen LogP contribution in [-0.2, 0) is 19.5 Å². The molecule has 2 bridgehead atoms. The molecule has 11 heteroatoms. The van der Waals surface area contributed by atoms with E-state index in [4.69, 9.17) is 4.55 Å². The van der Waals surface area contributed by atoms with Gasteiger partial charge in [-0.3, -0.25) is 14.8 Å². The molecule has 118 valence electrons. The molecule has 0 aromatic rings. The van der Waals surface area contributed by atoms with Crippen molar-refractivity contribution in [1.82, 2.24) is 20.8 Å². The monoisotopic (exact) mass is 320 g/mol. The molecule has 3 aliphatic rings. The summed E-state index contributed by atoms with van der Waals surface area (Å²) in [7, 11) is -4.76. The lowest BCUT2D eigenvalue weighted by Gasteiger charge is -2.29. The van der Waals surface area contributed by atoms with Gasteiger partial charge in [-0.2, -0.15) is 13.5 Å². The van der Waals surface area contributed by atoms with Gasteiger partial charge in [0.15, 0.2) is 0 Å². The van der Waals surface area contributed by atoms with Gasteiger partial charge in [-0.1, -0.05) is 0 Å². The van der Waals surface area contributed by atoms with Crippen LogP contribution in [0.25, 0.3) is 0 Å². The number of urea groups is 1. The summed E-state index contributed by atoms with van der Waals surface area (Å²) in [5, 5.41) is 0.622. The first kappa shape index (κ1) is 14.5. The molecule has 1 aliphatic carbocycles. The van der Waals surface area contributed by atoms with Crippen molar-refractivity contribution in [2.45, 2.75) is 43.8 Å². The van der Waals surface area contributed by atoms with Crippen LogP contribution in [0.15, 0.2) is 0 Å². The van der Waals surface area contributed by atoms with E-state index in [0.717, 1.165) is 12.8 Å². The minimum Gasteiger partial charge on any atom is -0.309 e. The topological polar surface area (TPSA) is 128 Å². The molecule has 3 N–H and O–H groups in total. The maximum absolute atomic E-state index is 12.1. The molecule has 2 aliphatic heterocycles. The second-order valence-electron chi connectivity index (χ2n) is 5.42. The van der Waals surface area contributed by atoms with Crippen LogP contribution >= 0.6 is 0 Å². The van der Waals surface area contributed by atoms with E-state index in [9.17, 15) is 18.0 Å². The van der Waals surface area contributed by atoms with Gasteiger partial charge in [0, 0.05) is 12.6 Å². The number of rotatable bonds is 5. The van der Waals surface area contributed by atoms with Gasteiger partial charge in [0.25, 0.3) is 5.91 Å². The highest BCUT2D eigenvalue weighted by Crippen LogP contribution is 2.30. The van der Waals surface area contributed by atoms with Gasteiger partial charge < -0.3 is 4.90 Å². The zero-order valence-electron chi connectivity index (χ0n) is 11.1. The van der Waals surface area contributed by atoms with Gasteiger partial charge in [-0.15, -0.1) is 4.28 Å². The number of hydrogen-bond acceptors (Lipinski definition) is 6. The molecule has 0 radical (unpaired) electrons. The standard InChI is InChI=1S/C10H16N4O6S/c15-9(12-11-6-1-2-6)8-4-3-7-5-13(8)10(16)14(7)20-21(17,18)19/h6-8,11H,1-5H2,(H,12,15)(H,17,18,19)/t7?,8-/m0/s1. The molecular weight excluding hydrogens is 304 g/mol. The third-order valence-corrected chi connectivity index (χ3v) is 4.13. The lowest BCUT2D eigenvalue weighted by atomic mass is 10.0. The molecule has 10 nitrogen and oxygen atoms in total. The van der Waals surface area contributed by atoms with Crippen molar-refractivity contribution in [2.24, 2.45) is 0 Å². The fourth-order valence-electron chi connectivity index (χ4n) is 2.59. The Balaban J connectivity index is 1.65. The molecule has 0 aromatic heterocycles. The highest BCUT2D eigenvalue weighted by Gasteiger charge is 2.49. The number of hydrogen-bond donors (Lipinski definition) is 3. The molecule has 2 atom stereocenters. The normalized spacial score (nSPS) is 28.9. The Bertz CT molecular complexity index is 562. The van der Waals surface area contributed by atoms with Crippen molar-refractivity contribution >= 4 is 22.3 Å². The molecule has 3 fully saturated rings. The van der Waals surface area contributed by atoms with Gasteiger partial charge in [-0.25, -0.2) is 10.2 Å². The number of carbonyl (C=O) groups is 2. The smallest absolute Gasteiger partial charge is 0.309 e. The van der Waals surface area contributed by atoms with E-state index in [1.165, 1.54) is 4.90 Å². The third kappa shape index (κ3) is 3.10. The number of hydrazine groups is 1. The van der Waals surface area contributed by atoms with Crippen LogP contribution in [0.1, 0.15) is 25.7 Å². The number of piperidine rings is 1. The predicted octanol–water partition coefficient (Wildman–Crippen LogP) is -1.23. The Morgan fingerprint density at radius 3 is 2.62 bits per heavy atom. The number of amides is 3. The van der Waals surface area contributed by atoms with Crippen LogP contribution in [0.5, 0.6) is 0 Å². The molecule has 3 rings (SSSR count). The lowest BCUT2D eigenvalue weighted by molar-refractivity contribution is -0.127. The van der Waals surface area contributed by atoms with Gasteiger partial charge >= 0.3 is 16.4 Å². The maximum Gasteiger partial charge on any atom is 0.418 e. The quantitative estimate of drug-likeness (QED) is 0.427. The Labute approximate surface area is 121 Å². The maximum atomic E-state index is 12.1. The molecule has 0 aromatic carbocycles. The van der Waals surface area contributed by atoms with E-state index in [1.807, 2.05) is 0 Å². The van der Waals surface area contributed by atoms with Crippen LogP contribution in [0, 0.1) is 0 Å². The number of nitrogens with zero attached hydrogens (tertiary/aromatic N) is 2. The number of hydroxylamine groups is 2. The van der Waals surface area contributed by atoms with Crippen LogP contribution in [0.2, 0.25) is 0 Å². The summed E-state index contributed by atoms with van der Waals surface area (Å²) in [6.07, 6.45) is 2.83. The van der Waals surface area contributed by atoms with Crippen molar-refractivity contribution in [3.63, 3.8) is 0 Å². The van der Waals surface area contributed by atoms with Crippen molar-refractivity contribution in [3.05, 3.63) is 0 Å². The summed E-state index contributed by atoms with van der Waals surface area (Å²) in [6, 6.07) is -1.60. The van der Waals surface area contributed by atoms with Crippen LogP contribution in [0.4, 0.5) is 4.79 Å². The van der Waals surface area contributed by atoms with Crippen LogP contribution < -0.4 is 10.9 Å². The first-order valence-electron chi connectivity index (χ1n) is 6.67. The van der Waals surface area contributed by atoms with Crippen molar-refractivity contribution in [1.29, 1.82) is 0 Å². The molecular formula is C10H16N4O6S. The predicted molar refractivity (Wildman–Crippen MR) is 67.7 cm³/mol.